The van der Waals surface area contributed by atoms with Gasteiger partial charge in [0, 0.05) is 13.1 Å². The van der Waals surface area contributed by atoms with Crippen molar-refractivity contribution in [3.63, 3.8) is 0 Å². The molecule has 1 aliphatic heterocycles. The zero-order chi connectivity index (χ0) is 14.3. The molecular weight excluding hydrogens is 246 g/mol. The summed E-state index contributed by atoms with van der Waals surface area (Å²) in [5.41, 5.74) is 0. The number of carboxylic acid groups (broad SMARTS) is 1. The van der Waals surface area contributed by atoms with Crippen LogP contribution in [0.2, 0.25) is 0 Å². The van der Waals surface area contributed by atoms with Gasteiger partial charge in [-0.15, -0.1) is 0 Å². The van der Waals surface area contributed by atoms with Gasteiger partial charge in [0.25, 0.3) is 0 Å². The topological polar surface area (TPSA) is 81.7 Å². The van der Waals surface area contributed by atoms with Crippen molar-refractivity contribution in [2.75, 3.05) is 32.7 Å². The molecule has 1 rings (SSSR count). The molecule has 3 N–H and O–H groups in total. The van der Waals surface area contributed by atoms with E-state index >= 15 is 0 Å². The first-order chi connectivity index (χ1) is 9.04. The maximum Gasteiger partial charge on any atom is 0.326 e. The predicted octanol–water partition coefficient (Wildman–Crippen LogP) is -0.103. The highest BCUT2D eigenvalue weighted by Crippen LogP contribution is 2.08. The lowest BCUT2D eigenvalue weighted by Gasteiger charge is -2.23. The van der Waals surface area contributed by atoms with Gasteiger partial charge in [-0.05, 0) is 25.4 Å². The molecule has 0 radical (unpaired) electrons. The van der Waals surface area contributed by atoms with Gasteiger partial charge in [0.1, 0.15) is 6.04 Å². The number of rotatable bonds is 6. The van der Waals surface area contributed by atoms with Crippen LogP contribution in [0.15, 0.2) is 0 Å². The Hall–Kier alpha value is -1.14. The van der Waals surface area contributed by atoms with Crippen LogP contribution in [0.1, 0.15) is 26.7 Å². The molecule has 1 fully saturated rings. The van der Waals surface area contributed by atoms with Crippen LogP contribution in [-0.4, -0.2) is 60.6 Å². The SMILES string of the molecule is CCC(C)C(NC(=O)CN1CCCNCC1)C(=O)O. The van der Waals surface area contributed by atoms with E-state index in [1.807, 2.05) is 13.8 Å². The van der Waals surface area contributed by atoms with Crippen LogP contribution < -0.4 is 10.6 Å². The third-order valence-electron chi connectivity index (χ3n) is 3.60. The number of carbonyl (C=O) groups excluding carboxylic acids is 1. The number of aliphatic carboxylic acids is 1. The van der Waals surface area contributed by atoms with Crippen LogP contribution in [0.5, 0.6) is 0 Å². The molecule has 0 aromatic carbocycles. The first-order valence-corrected chi connectivity index (χ1v) is 6.99. The van der Waals surface area contributed by atoms with Crippen LogP contribution in [0.4, 0.5) is 0 Å². The van der Waals surface area contributed by atoms with Gasteiger partial charge in [-0.2, -0.15) is 0 Å². The molecule has 1 amide bonds. The molecule has 2 unspecified atom stereocenters. The largest absolute Gasteiger partial charge is 0.480 e. The Labute approximate surface area is 114 Å². The highest BCUT2D eigenvalue weighted by atomic mass is 16.4. The molecule has 19 heavy (non-hydrogen) atoms. The minimum Gasteiger partial charge on any atom is -0.480 e. The van der Waals surface area contributed by atoms with Gasteiger partial charge in [-0.25, -0.2) is 4.79 Å². The highest BCUT2D eigenvalue weighted by Gasteiger charge is 2.25. The van der Waals surface area contributed by atoms with Crippen molar-refractivity contribution in [1.82, 2.24) is 15.5 Å². The first-order valence-electron chi connectivity index (χ1n) is 6.99. The average molecular weight is 271 g/mol. The van der Waals surface area contributed by atoms with Crippen molar-refractivity contribution in [3.05, 3.63) is 0 Å². The monoisotopic (exact) mass is 271 g/mol. The Balaban J connectivity index is 2.45. The predicted molar refractivity (Wildman–Crippen MR) is 72.9 cm³/mol. The van der Waals surface area contributed by atoms with Gasteiger partial charge in [0.2, 0.25) is 5.91 Å². The van der Waals surface area contributed by atoms with Gasteiger partial charge in [-0.1, -0.05) is 20.3 Å². The van der Waals surface area contributed by atoms with Gasteiger partial charge in [-0.3, -0.25) is 9.69 Å². The summed E-state index contributed by atoms with van der Waals surface area (Å²) in [6.45, 7) is 7.60. The van der Waals surface area contributed by atoms with E-state index < -0.39 is 12.0 Å². The van der Waals surface area contributed by atoms with E-state index in [1.54, 1.807) is 0 Å². The van der Waals surface area contributed by atoms with E-state index in [0.717, 1.165) is 39.0 Å². The lowest BCUT2D eigenvalue weighted by atomic mass is 9.99. The number of carboxylic acids is 1. The Bertz CT molecular complexity index is 302. The van der Waals surface area contributed by atoms with Crippen molar-refractivity contribution in [3.8, 4) is 0 Å². The van der Waals surface area contributed by atoms with E-state index in [0.29, 0.717) is 0 Å². The van der Waals surface area contributed by atoms with Crippen LogP contribution in [0.25, 0.3) is 0 Å². The minimum atomic E-state index is -0.958. The molecule has 110 valence electrons. The number of nitrogens with one attached hydrogen (secondary N) is 2. The van der Waals surface area contributed by atoms with Crippen molar-refractivity contribution in [1.29, 1.82) is 0 Å². The maximum atomic E-state index is 11.9. The van der Waals surface area contributed by atoms with Gasteiger partial charge >= 0.3 is 5.97 Å². The Kier molecular flexibility index (Phi) is 6.80. The Morgan fingerprint density at radius 2 is 2.11 bits per heavy atom. The molecule has 1 saturated heterocycles. The smallest absolute Gasteiger partial charge is 0.326 e. The van der Waals surface area contributed by atoms with Crippen molar-refractivity contribution in [2.45, 2.75) is 32.7 Å². The van der Waals surface area contributed by atoms with Crippen LogP contribution in [0, 0.1) is 5.92 Å². The molecule has 0 aromatic heterocycles. The zero-order valence-electron chi connectivity index (χ0n) is 11.8. The molecule has 0 aromatic rings. The van der Waals surface area contributed by atoms with Gasteiger partial charge in [0.15, 0.2) is 0 Å². The average Bonchev–Trinajstić information content (AvgIpc) is 2.63. The van der Waals surface area contributed by atoms with Gasteiger partial charge in [0.05, 0.1) is 6.54 Å². The summed E-state index contributed by atoms with van der Waals surface area (Å²) in [6, 6.07) is -0.789. The van der Waals surface area contributed by atoms with E-state index in [1.165, 1.54) is 0 Å². The fraction of sp³-hybridized carbons (Fsp3) is 0.846. The fourth-order valence-corrected chi connectivity index (χ4v) is 2.17. The zero-order valence-corrected chi connectivity index (χ0v) is 11.8. The van der Waals surface area contributed by atoms with E-state index in [9.17, 15) is 9.59 Å². The number of hydrogen-bond acceptors (Lipinski definition) is 4. The second kappa shape index (κ2) is 8.12. The molecular formula is C13H25N3O3. The van der Waals surface area contributed by atoms with Crippen molar-refractivity contribution >= 4 is 11.9 Å². The molecule has 0 spiro atoms. The van der Waals surface area contributed by atoms with E-state index in [-0.39, 0.29) is 18.4 Å². The summed E-state index contributed by atoms with van der Waals surface area (Å²) in [4.78, 5) is 25.1. The molecule has 1 aliphatic rings. The molecule has 2 atom stereocenters. The summed E-state index contributed by atoms with van der Waals surface area (Å²) in [7, 11) is 0. The summed E-state index contributed by atoms with van der Waals surface area (Å²) in [5, 5.41) is 15.0. The number of amides is 1. The van der Waals surface area contributed by atoms with Crippen LogP contribution >= 0.6 is 0 Å². The molecule has 0 aliphatic carbocycles. The second-order valence-corrected chi connectivity index (χ2v) is 5.15. The van der Waals surface area contributed by atoms with Gasteiger partial charge < -0.3 is 15.7 Å². The number of nitrogens with zero attached hydrogens (tertiary/aromatic N) is 1. The summed E-state index contributed by atoms with van der Waals surface area (Å²) < 4.78 is 0. The lowest BCUT2D eigenvalue weighted by Crippen LogP contribution is -2.48. The summed E-state index contributed by atoms with van der Waals surface area (Å²) >= 11 is 0. The van der Waals surface area contributed by atoms with Crippen molar-refractivity contribution in [2.24, 2.45) is 5.92 Å². The number of carbonyl (C=O) groups is 2. The highest BCUT2D eigenvalue weighted by molar-refractivity contribution is 5.84. The minimum absolute atomic E-state index is 0.0627. The second-order valence-electron chi connectivity index (χ2n) is 5.15. The van der Waals surface area contributed by atoms with Crippen LogP contribution in [-0.2, 0) is 9.59 Å². The quantitative estimate of drug-likeness (QED) is 0.628. The molecule has 6 heteroatoms. The maximum absolute atomic E-state index is 11.9. The van der Waals surface area contributed by atoms with Crippen LogP contribution in [0.3, 0.4) is 0 Å². The molecule has 1 heterocycles. The Morgan fingerprint density at radius 1 is 1.37 bits per heavy atom. The number of hydrogen-bond donors (Lipinski definition) is 3. The molecule has 0 saturated carbocycles. The van der Waals surface area contributed by atoms with E-state index in [4.69, 9.17) is 5.11 Å². The normalized spacial score (nSPS) is 20.3. The summed E-state index contributed by atoms with van der Waals surface area (Å²) in [5.74, 6) is -1.22. The standard InChI is InChI=1S/C13H25N3O3/c1-3-10(2)12(13(18)19)15-11(17)9-16-7-4-5-14-6-8-16/h10,12,14H,3-9H2,1-2H3,(H,15,17)(H,18,19). The Morgan fingerprint density at radius 3 is 2.74 bits per heavy atom. The molecule has 6 nitrogen and oxygen atoms in total. The lowest BCUT2D eigenvalue weighted by molar-refractivity contribution is -0.143. The fourth-order valence-electron chi connectivity index (χ4n) is 2.17. The van der Waals surface area contributed by atoms with E-state index in [2.05, 4.69) is 15.5 Å². The van der Waals surface area contributed by atoms with Crippen molar-refractivity contribution < 1.29 is 14.7 Å². The molecule has 0 bridgehead atoms. The third-order valence-corrected chi connectivity index (χ3v) is 3.60. The first kappa shape index (κ1) is 15.9. The third kappa shape index (κ3) is 5.57. The summed E-state index contributed by atoms with van der Waals surface area (Å²) in [6.07, 6.45) is 1.74.